The van der Waals surface area contributed by atoms with Gasteiger partial charge in [0.25, 0.3) is 0 Å². The summed E-state index contributed by atoms with van der Waals surface area (Å²) in [6.45, 7) is 2.05. The van der Waals surface area contributed by atoms with E-state index < -0.39 is 5.97 Å². The summed E-state index contributed by atoms with van der Waals surface area (Å²) < 4.78 is 0.765. The Bertz CT molecular complexity index is 569. The Morgan fingerprint density at radius 1 is 1.47 bits per heavy atom. The number of aromatic carboxylic acids is 1. The zero-order valence-electron chi connectivity index (χ0n) is 10.4. The van der Waals surface area contributed by atoms with Gasteiger partial charge in [-0.3, -0.25) is 0 Å². The third kappa shape index (κ3) is 3.81. The first-order valence-electron chi connectivity index (χ1n) is 5.88. The predicted octanol–water partition coefficient (Wildman–Crippen LogP) is 4.25. The highest BCUT2D eigenvalue weighted by Crippen LogP contribution is 2.23. The summed E-state index contributed by atoms with van der Waals surface area (Å²) in [5.74, 6) is -0.924. The maximum Gasteiger partial charge on any atom is 0.337 e. The minimum atomic E-state index is -0.924. The number of rotatable bonds is 5. The van der Waals surface area contributed by atoms with Gasteiger partial charge in [0, 0.05) is 27.5 Å². The third-order valence-electron chi connectivity index (χ3n) is 2.70. The van der Waals surface area contributed by atoms with E-state index in [-0.39, 0.29) is 11.6 Å². The van der Waals surface area contributed by atoms with E-state index in [0.29, 0.717) is 5.69 Å². The predicted molar refractivity (Wildman–Crippen MR) is 82.2 cm³/mol. The van der Waals surface area contributed by atoms with Crippen molar-refractivity contribution in [3.05, 3.63) is 50.6 Å². The molecule has 1 atom stereocenters. The molecule has 0 aliphatic rings. The second-order valence-electron chi connectivity index (χ2n) is 4.32. The monoisotopic (exact) mass is 339 g/mol. The number of carbonyl (C=O) groups is 1. The van der Waals surface area contributed by atoms with Crippen LogP contribution in [0.25, 0.3) is 0 Å². The highest BCUT2D eigenvalue weighted by Gasteiger charge is 2.13. The number of carboxylic acid groups (broad SMARTS) is 1. The number of halogens is 1. The fourth-order valence-electron chi connectivity index (χ4n) is 1.87. The van der Waals surface area contributed by atoms with Crippen LogP contribution in [0, 0.1) is 0 Å². The summed E-state index contributed by atoms with van der Waals surface area (Å²) >= 11 is 5.00. The summed E-state index contributed by atoms with van der Waals surface area (Å²) in [5, 5.41) is 14.5. The van der Waals surface area contributed by atoms with Gasteiger partial charge in [0.2, 0.25) is 0 Å². The van der Waals surface area contributed by atoms with Gasteiger partial charge in [-0.15, -0.1) is 11.3 Å². The topological polar surface area (TPSA) is 49.3 Å². The number of anilines is 1. The zero-order valence-corrected chi connectivity index (χ0v) is 12.8. The normalized spacial score (nSPS) is 12.1. The first-order valence-corrected chi connectivity index (χ1v) is 7.55. The summed E-state index contributed by atoms with van der Waals surface area (Å²) in [5.41, 5.74) is 0.937. The van der Waals surface area contributed by atoms with Crippen molar-refractivity contribution in [1.82, 2.24) is 0 Å². The lowest BCUT2D eigenvalue weighted by atomic mass is 10.1. The Balaban J connectivity index is 2.12. The number of benzene rings is 1. The minimum absolute atomic E-state index is 0.179. The molecule has 0 fully saturated rings. The SMILES string of the molecule is CC(Cc1cccs1)Nc1ccc(Br)cc1C(=O)O. The highest BCUT2D eigenvalue weighted by molar-refractivity contribution is 9.10. The van der Waals surface area contributed by atoms with Crippen LogP contribution in [0.15, 0.2) is 40.2 Å². The molecule has 2 aromatic rings. The zero-order chi connectivity index (χ0) is 13.8. The van der Waals surface area contributed by atoms with Gasteiger partial charge in [-0.1, -0.05) is 22.0 Å². The summed E-state index contributed by atoms with van der Waals surface area (Å²) in [6, 6.07) is 9.53. The molecule has 100 valence electrons. The molecular formula is C14H14BrNO2S. The molecule has 0 radical (unpaired) electrons. The lowest BCUT2D eigenvalue weighted by Crippen LogP contribution is -2.19. The third-order valence-corrected chi connectivity index (χ3v) is 4.09. The van der Waals surface area contributed by atoms with Gasteiger partial charge in [0.05, 0.1) is 5.56 Å². The molecule has 3 nitrogen and oxygen atoms in total. The number of nitrogens with one attached hydrogen (secondary N) is 1. The number of carboxylic acids is 1. The first kappa shape index (κ1) is 14.1. The van der Waals surface area contributed by atoms with Crippen LogP contribution in [0.1, 0.15) is 22.2 Å². The molecule has 2 rings (SSSR count). The summed E-state index contributed by atoms with van der Waals surface area (Å²) in [4.78, 5) is 12.5. The van der Waals surface area contributed by atoms with Crippen LogP contribution < -0.4 is 5.32 Å². The quantitative estimate of drug-likeness (QED) is 0.855. The molecule has 1 heterocycles. The fraction of sp³-hybridized carbons (Fsp3) is 0.214. The van der Waals surface area contributed by atoms with Crippen molar-refractivity contribution in [1.29, 1.82) is 0 Å². The van der Waals surface area contributed by atoms with Crippen molar-refractivity contribution in [2.75, 3.05) is 5.32 Å². The lowest BCUT2D eigenvalue weighted by molar-refractivity contribution is 0.0698. The van der Waals surface area contributed by atoms with Gasteiger partial charge in [-0.25, -0.2) is 4.79 Å². The number of thiophene rings is 1. The van der Waals surface area contributed by atoms with E-state index >= 15 is 0 Å². The smallest absolute Gasteiger partial charge is 0.337 e. The molecule has 19 heavy (non-hydrogen) atoms. The fourth-order valence-corrected chi connectivity index (χ4v) is 3.06. The van der Waals surface area contributed by atoms with E-state index in [2.05, 4.69) is 27.3 Å². The second-order valence-corrected chi connectivity index (χ2v) is 6.27. The van der Waals surface area contributed by atoms with E-state index in [4.69, 9.17) is 0 Å². The van der Waals surface area contributed by atoms with E-state index in [1.165, 1.54) is 4.88 Å². The van der Waals surface area contributed by atoms with Crippen LogP contribution in [-0.2, 0) is 6.42 Å². The molecule has 0 aliphatic carbocycles. The molecule has 1 aromatic heterocycles. The van der Waals surface area contributed by atoms with Gasteiger partial charge in [-0.05, 0) is 36.6 Å². The molecule has 5 heteroatoms. The van der Waals surface area contributed by atoms with Gasteiger partial charge >= 0.3 is 5.97 Å². The Morgan fingerprint density at radius 3 is 2.89 bits per heavy atom. The molecule has 0 amide bonds. The van der Waals surface area contributed by atoms with Gasteiger partial charge in [-0.2, -0.15) is 0 Å². The van der Waals surface area contributed by atoms with E-state index in [9.17, 15) is 9.90 Å². The molecule has 0 bridgehead atoms. The van der Waals surface area contributed by atoms with Gasteiger partial charge in [0.1, 0.15) is 0 Å². The highest BCUT2D eigenvalue weighted by atomic mass is 79.9. The minimum Gasteiger partial charge on any atom is -0.478 e. The van der Waals surface area contributed by atoms with Crippen LogP contribution in [0.2, 0.25) is 0 Å². The molecular weight excluding hydrogens is 326 g/mol. The lowest BCUT2D eigenvalue weighted by Gasteiger charge is -2.16. The largest absolute Gasteiger partial charge is 0.478 e. The average Bonchev–Trinajstić information content (AvgIpc) is 2.83. The van der Waals surface area contributed by atoms with Crippen LogP contribution in [0.4, 0.5) is 5.69 Å². The van der Waals surface area contributed by atoms with Crippen LogP contribution in [-0.4, -0.2) is 17.1 Å². The van der Waals surface area contributed by atoms with Crippen molar-refractivity contribution < 1.29 is 9.90 Å². The van der Waals surface area contributed by atoms with Crippen molar-refractivity contribution >= 4 is 38.9 Å². The average molecular weight is 340 g/mol. The molecule has 0 spiro atoms. The Morgan fingerprint density at radius 2 is 2.26 bits per heavy atom. The Labute approximate surface area is 124 Å². The van der Waals surface area contributed by atoms with Crippen molar-refractivity contribution in [2.24, 2.45) is 0 Å². The molecule has 0 saturated heterocycles. The van der Waals surface area contributed by atoms with Crippen LogP contribution in [0.5, 0.6) is 0 Å². The number of hydrogen-bond acceptors (Lipinski definition) is 3. The number of hydrogen-bond donors (Lipinski definition) is 2. The van der Waals surface area contributed by atoms with Crippen molar-refractivity contribution in [2.45, 2.75) is 19.4 Å². The van der Waals surface area contributed by atoms with E-state index in [1.807, 2.05) is 24.4 Å². The maximum absolute atomic E-state index is 11.2. The Kier molecular flexibility index (Phi) is 4.61. The molecule has 1 unspecified atom stereocenters. The van der Waals surface area contributed by atoms with E-state index in [0.717, 1.165) is 10.9 Å². The maximum atomic E-state index is 11.2. The second kappa shape index (κ2) is 6.21. The van der Waals surface area contributed by atoms with Crippen molar-refractivity contribution in [3.63, 3.8) is 0 Å². The molecule has 2 N–H and O–H groups in total. The van der Waals surface area contributed by atoms with E-state index in [1.54, 1.807) is 23.5 Å². The standard InChI is InChI=1S/C14H14BrNO2S/c1-9(7-11-3-2-6-19-11)16-13-5-4-10(15)8-12(13)14(17)18/h2-6,8-9,16H,7H2,1H3,(H,17,18). The van der Waals surface area contributed by atoms with Crippen molar-refractivity contribution in [3.8, 4) is 0 Å². The molecule has 0 aliphatic heterocycles. The Hall–Kier alpha value is -1.33. The first-order chi connectivity index (χ1) is 9.06. The van der Waals surface area contributed by atoms with Crippen LogP contribution >= 0.6 is 27.3 Å². The van der Waals surface area contributed by atoms with Crippen LogP contribution in [0.3, 0.4) is 0 Å². The summed E-state index contributed by atoms with van der Waals surface area (Å²) in [6.07, 6.45) is 0.882. The molecule has 0 saturated carbocycles. The molecule has 1 aromatic carbocycles. The van der Waals surface area contributed by atoms with Gasteiger partial charge in [0.15, 0.2) is 0 Å². The van der Waals surface area contributed by atoms with Gasteiger partial charge < -0.3 is 10.4 Å². The summed E-state index contributed by atoms with van der Waals surface area (Å²) in [7, 11) is 0.